The van der Waals surface area contributed by atoms with E-state index in [9.17, 15) is 8.78 Å². The van der Waals surface area contributed by atoms with Gasteiger partial charge in [0.05, 0.1) is 0 Å². The van der Waals surface area contributed by atoms with Gasteiger partial charge in [0.25, 0.3) is 5.92 Å². The zero-order chi connectivity index (χ0) is 10.6. The van der Waals surface area contributed by atoms with Gasteiger partial charge in [0.15, 0.2) is 0 Å². The average Bonchev–Trinajstić information content (AvgIpc) is 2.14. The zero-order valence-electron chi connectivity index (χ0n) is 8.89. The van der Waals surface area contributed by atoms with Crippen molar-refractivity contribution in [1.29, 1.82) is 0 Å². The van der Waals surface area contributed by atoms with Crippen molar-refractivity contribution >= 4 is 12.4 Å². The van der Waals surface area contributed by atoms with Crippen LogP contribution in [0.25, 0.3) is 0 Å². The highest BCUT2D eigenvalue weighted by molar-refractivity contribution is 5.85. The van der Waals surface area contributed by atoms with Gasteiger partial charge in [-0.1, -0.05) is 18.2 Å². The van der Waals surface area contributed by atoms with Crippen LogP contribution in [0.3, 0.4) is 0 Å². The van der Waals surface area contributed by atoms with Crippen LogP contribution < -0.4 is 5.32 Å². The van der Waals surface area contributed by atoms with E-state index in [4.69, 9.17) is 0 Å². The largest absolute Gasteiger partial charge is 0.319 e. The van der Waals surface area contributed by atoms with Gasteiger partial charge in [-0.15, -0.1) is 12.4 Å². The molecule has 4 heteroatoms. The number of hydrogen-bond acceptors (Lipinski definition) is 1. The van der Waals surface area contributed by atoms with Crippen LogP contribution in [0.4, 0.5) is 8.78 Å². The predicted octanol–water partition coefficient (Wildman–Crippen LogP) is 2.98. The molecule has 15 heavy (non-hydrogen) atoms. The molecule has 1 nitrogen and oxygen atoms in total. The zero-order valence-corrected chi connectivity index (χ0v) is 9.70. The van der Waals surface area contributed by atoms with Crippen molar-refractivity contribution in [3.8, 4) is 0 Å². The third-order valence-corrected chi connectivity index (χ3v) is 2.10. The minimum atomic E-state index is -2.74. The monoisotopic (exact) mass is 235 g/mol. The van der Waals surface area contributed by atoms with Crippen molar-refractivity contribution in [2.24, 2.45) is 0 Å². The van der Waals surface area contributed by atoms with Crippen molar-refractivity contribution in [3.05, 3.63) is 35.4 Å². The topological polar surface area (TPSA) is 12.0 Å². The first-order chi connectivity index (χ1) is 6.54. The van der Waals surface area contributed by atoms with E-state index >= 15 is 0 Å². The molecule has 1 rings (SSSR count). The number of alkyl halides is 2. The Balaban J connectivity index is 0.00000196. The molecule has 86 valence electrons. The maximum Gasteiger partial charge on any atom is 0.270 e. The second kappa shape index (κ2) is 6.03. The normalized spacial score (nSPS) is 10.9. The summed E-state index contributed by atoms with van der Waals surface area (Å²) in [5, 5.41) is 2.99. The highest BCUT2D eigenvalue weighted by atomic mass is 35.5. The quantitative estimate of drug-likeness (QED) is 0.846. The van der Waals surface area contributed by atoms with Gasteiger partial charge in [0.1, 0.15) is 0 Å². The van der Waals surface area contributed by atoms with E-state index in [0.717, 1.165) is 25.5 Å². The Morgan fingerprint density at radius 2 is 2.00 bits per heavy atom. The summed E-state index contributed by atoms with van der Waals surface area (Å²) in [6.07, 6.45) is 0.778. The van der Waals surface area contributed by atoms with Gasteiger partial charge in [0, 0.05) is 12.5 Å². The van der Waals surface area contributed by atoms with E-state index in [2.05, 4.69) is 5.32 Å². The molecule has 0 saturated carbocycles. The lowest BCUT2D eigenvalue weighted by Gasteiger charge is -2.11. The molecule has 1 aromatic rings. The van der Waals surface area contributed by atoms with E-state index < -0.39 is 5.92 Å². The molecule has 0 radical (unpaired) electrons. The average molecular weight is 236 g/mol. The minimum absolute atomic E-state index is 0. The summed E-state index contributed by atoms with van der Waals surface area (Å²) in [5.41, 5.74) is 1.03. The van der Waals surface area contributed by atoms with Crippen molar-refractivity contribution in [2.75, 3.05) is 13.6 Å². The Morgan fingerprint density at radius 3 is 2.53 bits per heavy atom. The molecular weight excluding hydrogens is 220 g/mol. The van der Waals surface area contributed by atoms with E-state index in [1.165, 1.54) is 6.07 Å². The van der Waals surface area contributed by atoms with E-state index in [1.54, 1.807) is 12.1 Å². The second-order valence-corrected chi connectivity index (χ2v) is 3.44. The van der Waals surface area contributed by atoms with Crippen LogP contribution in [0.1, 0.15) is 18.1 Å². The molecule has 0 bridgehead atoms. The Bertz CT molecular complexity index is 297. The molecule has 0 heterocycles. The van der Waals surface area contributed by atoms with Crippen molar-refractivity contribution < 1.29 is 8.78 Å². The summed E-state index contributed by atoms with van der Waals surface area (Å²) in [5.74, 6) is -2.74. The van der Waals surface area contributed by atoms with Crippen LogP contribution in [0.15, 0.2) is 24.3 Å². The molecule has 0 saturated heterocycles. The fourth-order valence-corrected chi connectivity index (χ4v) is 1.27. The first-order valence-electron chi connectivity index (χ1n) is 4.66. The number of benzene rings is 1. The molecule has 0 aliphatic rings. The maximum absolute atomic E-state index is 12.9. The number of hydrogen-bond donors (Lipinski definition) is 1. The lowest BCUT2D eigenvalue weighted by molar-refractivity contribution is 0.0174. The summed E-state index contributed by atoms with van der Waals surface area (Å²) in [4.78, 5) is 0. The van der Waals surface area contributed by atoms with E-state index in [1.807, 2.05) is 13.1 Å². The third kappa shape index (κ3) is 4.58. The second-order valence-electron chi connectivity index (χ2n) is 3.44. The van der Waals surface area contributed by atoms with Crippen LogP contribution in [-0.4, -0.2) is 13.6 Å². The predicted molar refractivity (Wildman–Crippen MR) is 60.9 cm³/mol. The molecule has 0 aliphatic heterocycles. The Kier molecular flexibility index (Phi) is 5.76. The van der Waals surface area contributed by atoms with Gasteiger partial charge in [0.2, 0.25) is 0 Å². The molecule has 1 N–H and O–H groups in total. The fraction of sp³-hybridized carbons (Fsp3) is 0.455. The molecular formula is C11H16ClF2N. The third-order valence-electron chi connectivity index (χ3n) is 2.10. The Hall–Kier alpha value is -0.670. The molecule has 0 amide bonds. The van der Waals surface area contributed by atoms with Crippen LogP contribution in [0, 0.1) is 0 Å². The number of halogens is 3. The van der Waals surface area contributed by atoms with Gasteiger partial charge < -0.3 is 5.32 Å². The molecule has 0 spiro atoms. The summed E-state index contributed by atoms with van der Waals surface area (Å²) >= 11 is 0. The highest BCUT2D eigenvalue weighted by Crippen LogP contribution is 2.27. The maximum atomic E-state index is 12.9. The minimum Gasteiger partial charge on any atom is -0.319 e. The van der Waals surface area contributed by atoms with Gasteiger partial charge in [-0.2, -0.15) is 0 Å². The molecule has 0 fully saturated rings. The van der Waals surface area contributed by atoms with Crippen molar-refractivity contribution in [2.45, 2.75) is 19.3 Å². The van der Waals surface area contributed by atoms with Crippen LogP contribution in [0.2, 0.25) is 0 Å². The summed E-state index contributed by atoms with van der Waals surface area (Å²) in [6, 6.07) is 6.57. The summed E-state index contributed by atoms with van der Waals surface area (Å²) in [7, 11) is 1.85. The molecule has 0 aliphatic carbocycles. The lowest BCUT2D eigenvalue weighted by atomic mass is 10.0. The number of likely N-dealkylation sites (N-methyl/N-ethyl adjacent to an activating group) is 1. The molecule has 0 atom stereocenters. The molecule has 0 aromatic heterocycles. The van der Waals surface area contributed by atoms with E-state index in [0.29, 0.717) is 0 Å². The molecule has 0 unspecified atom stereocenters. The number of nitrogens with one attached hydrogen (secondary N) is 1. The number of rotatable bonds is 4. The van der Waals surface area contributed by atoms with Crippen LogP contribution in [-0.2, 0) is 12.3 Å². The fourth-order valence-electron chi connectivity index (χ4n) is 1.27. The van der Waals surface area contributed by atoms with Crippen molar-refractivity contribution in [3.63, 3.8) is 0 Å². The first-order valence-corrected chi connectivity index (χ1v) is 4.66. The lowest BCUT2D eigenvalue weighted by Crippen LogP contribution is -2.12. The summed E-state index contributed by atoms with van der Waals surface area (Å²) in [6.45, 7) is 1.73. The van der Waals surface area contributed by atoms with E-state index in [-0.39, 0.29) is 18.0 Å². The Labute approximate surface area is 95.3 Å². The SMILES string of the molecule is CNCCc1cccc(C(C)(F)F)c1.Cl. The van der Waals surface area contributed by atoms with Gasteiger partial charge in [-0.3, -0.25) is 0 Å². The highest BCUT2D eigenvalue weighted by Gasteiger charge is 2.23. The standard InChI is InChI=1S/C11H15F2N.ClH/c1-11(12,13)10-5-3-4-9(8-10)6-7-14-2;/h3-5,8,14H,6-7H2,1-2H3;1H. The van der Waals surface area contributed by atoms with Gasteiger partial charge in [-0.25, -0.2) is 8.78 Å². The smallest absolute Gasteiger partial charge is 0.270 e. The Morgan fingerprint density at radius 1 is 1.33 bits per heavy atom. The van der Waals surface area contributed by atoms with Crippen LogP contribution in [0.5, 0.6) is 0 Å². The van der Waals surface area contributed by atoms with Crippen LogP contribution >= 0.6 is 12.4 Å². The molecule has 1 aromatic carbocycles. The first kappa shape index (κ1) is 14.3. The summed E-state index contributed by atoms with van der Waals surface area (Å²) < 4.78 is 25.9. The van der Waals surface area contributed by atoms with Gasteiger partial charge in [-0.05, 0) is 31.6 Å². The van der Waals surface area contributed by atoms with Gasteiger partial charge >= 0.3 is 0 Å². The van der Waals surface area contributed by atoms with Crippen molar-refractivity contribution in [1.82, 2.24) is 5.32 Å².